The van der Waals surface area contributed by atoms with E-state index in [4.69, 9.17) is 0 Å². The molecule has 2 saturated heterocycles. The summed E-state index contributed by atoms with van der Waals surface area (Å²) < 4.78 is 0. The van der Waals surface area contributed by atoms with Gasteiger partial charge in [-0.25, -0.2) is 19.9 Å². The molecule has 0 N–H and O–H groups in total. The first-order chi connectivity index (χ1) is 14.4. The highest BCUT2D eigenvalue weighted by Gasteiger charge is 2.21. The van der Waals surface area contributed by atoms with Crippen LogP contribution >= 0.6 is 0 Å². The fraction of sp³-hybridized carbons (Fsp3) is 0.364. The van der Waals surface area contributed by atoms with E-state index in [0.717, 1.165) is 68.0 Å². The molecule has 7 heteroatoms. The number of aromatic nitrogens is 4. The van der Waals surface area contributed by atoms with Gasteiger partial charge in [-0.2, -0.15) is 0 Å². The molecule has 2 aliphatic heterocycles. The van der Waals surface area contributed by atoms with Crippen molar-refractivity contribution in [3.63, 3.8) is 0 Å². The molecule has 29 heavy (non-hydrogen) atoms. The van der Waals surface area contributed by atoms with Crippen LogP contribution in [0, 0.1) is 0 Å². The van der Waals surface area contributed by atoms with Gasteiger partial charge >= 0.3 is 0 Å². The third-order valence-electron chi connectivity index (χ3n) is 5.72. The maximum atomic E-state index is 4.53. The largest absolute Gasteiger partial charge is 0.356 e. The molecular formula is C22H25N7. The van der Waals surface area contributed by atoms with E-state index in [0.29, 0.717) is 0 Å². The van der Waals surface area contributed by atoms with Gasteiger partial charge in [-0.15, -0.1) is 0 Å². The summed E-state index contributed by atoms with van der Waals surface area (Å²) in [6.07, 6.45) is 5.87. The lowest BCUT2D eigenvalue weighted by Gasteiger charge is -2.36. The zero-order chi connectivity index (χ0) is 19.5. The van der Waals surface area contributed by atoms with Gasteiger partial charge in [0.05, 0.1) is 5.69 Å². The SMILES string of the molecule is c1ccc(-c2cc(N3CCN(c4cc(N5CCCC5)ncn4)CC3)ncn2)cc1. The first kappa shape index (κ1) is 17.8. The van der Waals surface area contributed by atoms with Crippen LogP contribution in [-0.2, 0) is 0 Å². The monoisotopic (exact) mass is 387 g/mol. The number of benzene rings is 1. The fourth-order valence-corrected chi connectivity index (χ4v) is 4.08. The zero-order valence-corrected chi connectivity index (χ0v) is 16.5. The summed E-state index contributed by atoms with van der Waals surface area (Å²) in [4.78, 5) is 25.0. The molecule has 5 rings (SSSR count). The highest BCUT2D eigenvalue weighted by molar-refractivity contribution is 5.62. The van der Waals surface area contributed by atoms with Crippen molar-refractivity contribution in [3.8, 4) is 11.3 Å². The Morgan fingerprint density at radius 3 is 1.69 bits per heavy atom. The zero-order valence-electron chi connectivity index (χ0n) is 16.5. The molecule has 0 atom stereocenters. The molecule has 1 aromatic carbocycles. The number of nitrogens with zero attached hydrogens (tertiary/aromatic N) is 7. The van der Waals surface area contributed by atoms with E-state index in [1.807, 2.05) is 18.2 Å². The summed E-state index contributed by atoms with van der Waals surface area (Å²) in [5, 5.41) is 0. The van der Waals surface area contributed by atoms with E-state index in [1.165, 1.54) is 12.8 Å². The van der Waals surface area contributed by atoms with Crippen LogP contribution in [0.2, 0.25) is 0 Å². The summed E-state index contributed by atoms with van der Waals surface area (Å²) in [5.41, 5.74) is 2.08. The fourth-order valence-electron chi connectivity index (χ4n) is 4.08. The molecule has 2 fully saturated rings. The van der Waals surface area contributed by atoms with E-state index in [-0.39, 0.29) is 0 Å². The Bertz CT molecular complexity index is 948. The Labute approximate surface area is 171 Å². The van der Waals surface area contributed by atoms with Crippen LogP contribution < -0.4 is 14.7 Å². The highest BCUT2D eigenvalue weighted by Crippen LogP contribution is 2.24. The predicted molar refractivity (Wildman–Crippen MR) is 115 cm³/mol. The maximum absolute atomic E-state index is 4.53. The smallest absolute Gasteiger partial charge is 0.134 e. The van der Waals surface area contributed by atoms with Crippen molar-refractivity contribution in [1.82, 2.24) is 19.9 Å². The topological polar surface area (TPSA) is 61.3 Å². The first-order valence-electron chi connectivity index (χ1n) is 10.3. The highest BCUT2D eigenvalue weighted by atomic mass is 15.3. The van der Waals surface area contributed by atoms with Gasteiger partial charge in [-0.1, -0.05) is 30.3 Å². The summed E-state index contributed by atoms with van der Waals surface area (Å²) in [7, 11) is 0. The molecule has 0 spiro atoms. The average molecular weight is 387 g/mol. The van der Waals surface area contributed by atoms with Gasteiger partial charge in [0.15, 0.2) is 0 Å². The molecule has 7 nitrogen and oxygen atoms in total. The standard InChI is InChI=1S/C22H25N7/c1-2-6-18(7-3-1)19-14-20(24-16-23-19)28-10-12-29(13-11-28)22-15-21(25-17-26-22)27-8-4-5-9-27/h1-3,6-7,14-17H,4-5,8-13H2. The lowest BCUT2D eigenvalue weighted by Crippen LogP contribution is -2.47. The molecular weight excluding hydrogens is 362 g/mol. The van der Waals surface area contributed by atoms with Crippen LogP contribution in [0.1, 0.15) is 12.8 Å². The molecule has 3 aromatic rings. The minimum Gasteiger partial charge on any atom is -0.356 e. The Morgan fingerprint density at radius 1 is 0.552 bits per heavy atom. The third-order valence-corrected chi connectivity index (χ3v) is 5.72. The van der Waals surface area contributed by atoms with Crippen LogP contribution in [0.5, 0.6) is 0 Å². The normalized spacial score (nSPS) is 17.0. The van der Waals surface area contributed by atoms with E-state index in [2.05, 4.69) is 58.9 Å². The maximum Gasteiger partial charge on any atom is 0.134 e. The van der Waals surface area contributed by atoms with Gasteiger partial charge in [0.1, 0.15) is 30.1 Å². The number of piperazine rings is 1. The van der Waals surface area contributed by atoms with Gasteiger partial charge in [0.2, 0.25) is 0 Å². The Balaban J connectivity index is 1.27. The van der Waals surface area contributed by atoms with E-state index < -0.39 is 0 Å². The molecule has 0 bridgehead atoms. The molecule has 0 saturated carbocycles. The molecule has 2 aromatic heterocycles. The van der Waals surface area contributed by atoms with Crippen molar-refractivity contribution >= 4 is 17.5 Å². The van der Waals surface area contributed by atoms with Crippen molar-refractivity contribution in [2.45, 2.75) is 12.8 Å². The number of hydrogen-bond acceptors (Lipinski definition) is 7. The van der Waals surface area contributed by atoms with Gasteiger partial charge in [-0.05, 0) is 12.8 Å². The Hall–Kier alpha value is -3.22. The molecule has 0 radical (unpaired) electrons. The summed E-state index contributed by atoms with van der Waals surface area (Å²) in [5.74, 6) is 3.06. The molecule has 0 amide bonds. The lowest BCUT2D eigenvalue weighted by atomic mass is 10.1. The van der Waals surface area contributed by atoms with Crippen LogP contribution in [0.15, 0.2) is 55.1 Å². The number of anilines is 3. The van der Waals surface area contributed by atoms with Crippen LogP contribution in [0.4, 0.5) is 17.5 Å². The summed E-state index contributed by atoms with van der Waals surface area (Å²) in [6, 6.07) is 14.5. The van der Waals surface area contributed by atoms with E-state index >= 15 is 0 Å². The number of rotatable bonds is 4. The van der Waals surface area contributed by atoms with Crippen LogP contribution in [0.25, 0.3) is 11.3 Å². The molecule has 0 unspecified atom stereocenters. The predicted octanol–water partition coefficient (Wildman–Crippen LogP) is 2.86. The minimum atomic E-state index is 0.911. The van der Waals surface area contributed by atoms with Crippen LogP contribution in [0.3, 0.4) is 0 Å². The second-order valence-corrected chi connectivity index (χ2v) is 7.53. The third kappa shape index (κ3) is 3.85. The van der Waals surface area contributed by atoms with Crippen molar-refractivity contribution in [2.75, 3.05) is 54.0 Å². The quantitative estimate of drug-likeness (QED) is 0.682. The van der Waals surface area contributed by atoms with Gasteiger partial charge < -0.3 is 14.7 Å². The van der Waals surface area contributed by atoms with Crippen molar-refractivity contribution in [1.29, 1.82) is 0 Å². The summed E-state index contributed by atoms with van der Waals surface area (Å²) in [6.45, 7) is 5.86. The Morgan fingerprint density at radius 2 is 1.07 bits per heavy atom. The van der Waals surface area contributed by atoms with Crippen molar-refractivity contribution in [3.05, 3.63) is 55.1 Å². The number of hydrogen-bond donors (Lipinski definition) is 0. The van der Waals surface area contributed by atoms with Crippen molar-refractivity contribution in [2.24, 2.45) is 0 Å². The second kappa shape index (κ2) is 8.03. The molecule has 148 valence electrons. The Kier molecular flexibility index (Phi) is 4.94. The second-order valence-electron chi connectivity index (χ2n) is 7.53. The van der Waals surface area contributed by atoms with Gasteiger partial charge in [0.25, 0.3) is 0 Å². The summed E-state index contributed by atoms with van der Waals surface area (Å²) >= 11 is 0. The van der Waals surface area contributed by atoms with Crippen molar-refractivity contribution < 1.29 is 0 Å². The molecule has 4 heterocycles. The van der Waals surface area contributed by atoms with Crippen LogP contribution in [-0.4, -0.2) is 59.2 Å². The average Bonchev–Trinajstić information content (AvgIpc) is 3.35. The lowest BCUT2D eigenvalue weighted by molar-refractivity contribution is 0.640. The van der Waals surface area contributed by atoms with E-state index in [9.17, 15) is 0 Å². The molecule has 2 aliphatic rings. The molecule has 0 aliphatic carbocycles. The van der Waals surface area contributed by atoms with Gasteiger partial charge in [-0.3, -0.25) is 0 Å². The first-order valence-corrected chi connectivity index (χ1v) is 10.3. The van der Waals surface area contributed by atoms with Gasteiger partial charge in [0, 0.05) is 57.0 Å². The van der Waals surface area contributed by atoms with E-state index in [1.54, 1.807) is 12.7 Å². The minimum absolute atomic E-state index is 0.911.